The summed E-state index contributed by atoms with van der Waals surface area (Å²) in [5.41, 5.74) is 2.25. The molecule has 0 saturated carbocycles. The number of fused-ring (bicyclic) bond motifs is 1. The summed E-state index contributed by atoms with van der Waals surface area (Å²) in [5.74, 6) is -0.677. The maximum absolute atomic E-state index is 13.6. The van der Waals surface area contributed by atoms with Crippen LogP contribution in [-0.2, 0) is 62.6 Å². The molecule has 0 radical (unpaired) electrons. The van der Waals surface area contributed by atoms with Gasteiger partial charge in [-0.15, -0.1) is 11.8 Å². The third-order valence-electron chi connectivity index (χ3n) is 8.00. The van der Waals surface area contributed by atoms with E-state index < -0.39 is 53.3 Å². The highest BCUT2D eigenvalue weighted by molar-refractivity contribution is 8.04. The van der Waals surface area contributed by atoms with Crippen molar-refractivity contribution in [1.82, 2.24) is 0 Å². The quantitative estimate of drug-likeness (QED) is 0.229. The molecule has 0 aromatic heterocycles. The number of benzene rings is 3. The van der Waals surface area contributed by atoms with Gasteiger partial charge in [0.05, 0.1) is 31.8 Å². The Kier molecular flexibility index (Phi) is 10.6. The molecule has 9 nitrogen and oxygen atoms in total. The first-order chi connectivity index (χ1) is 22.8. The van der Waals surface area contributed by atoms with E-state index in [1.54, 1.807) is 20.8 Å². The Labute approximate surface area is 279 Å². The maximum atomic E-state index is 13.6. The first kappa shape index (κ1) is 33.2. The lowest BCUT2D eigenvalue weighted by Gasteiger charge is -2.46. The molecule has 10 heteroatoms. The van der Waals surface area contributed by atoms with E-state index in [2.05, 4.69) is 0 Å². The number of esters is 2. The molecule has 0 unspecified atom stereocenters. The fraction of sp³-hybridized carbons (Fsp3) is 0.405. The molecular weight excluding hydrogens is 620 g/mol. The van der Waals surface area contributed by atoms with Gasteiger partial charge in [-0.1, -0.05) is 91.0 Å². The Hall–Kier alpha value is -3.67. The van der Waals surface area contributed by atoms with Crippen molar-refractivity contribution < 1.29 is 42.7 Å². The molecule has 47 heavy (non-hydrogen) atoms. The molecule has 3 aliphatic rings. The zero-order chi connectivity index (χ0) is 32.8. The number of carbonyl (C=O) groups excluding carboxylic acids is 2. The van der Waals surface area contributed by atoms with Crippen LogP contribution in [0.5, 0.6) is 0 Å². The van der Waals surface area contributed by atoms with Crippen molar-refractivity contribution in [2.75, 3.05) is 13.2 Å². The fourth-order valence-electron chi connectivity index (χ4n) is 5.44. The van der Waals surface area contributed by atoms with Crippen molar-refractivity contribution in [2.45, 2.75) is 76.5 Å². The smallest absolute Gasteiger partial charge is 0.348 e. The van der Waals surface area contributed by atoms with Crippen molar-refractivity contribution in [3.8, 4) is 0 Å². The van der Waals surface area contributed by atoms with Crippen LogP contribution in [0.15, 0.2) is 102 Å². The standard InChI is InChI=1S/C37H40O9S/c1-37(2,3)36(39)44-23-28-29(41-20-25-15-9-5-10-16-25)31-32(34(38)45-28)47-33-30(42-21-26-17-11-6-12-18-26)27(22-43-35(33)46-31)40-19-24-13-7-4-8-14-24/h4-18,27-30,33,35H,19-23H2,1-3H3/t27-,28-,29-,30-,33+,35+/m1/s1. The van der Waals surface area contributed by atoms with Crippen LogP contribution in [0, 0.1) is 5.41 Å². The summed E-state index contributed by atoms with van der Waals surface area (Å²) in [6.07, 6.45) is -3.39. The van der Waals surface area contributed by atoms with Crippen LogP contribution in [0.25, 0.3) is 0 Å². The minimum Gasteiger partial charge on any atom is -0.464 e. The van der Waals surface area contributed by atoms with E-state index in [0.29, 0.717) is 19.0 Å². The van der Waals surface area contributed by atoms with Gasteiger partial charge in [-0.2, -0.15) is 0 Å². The number of hydrogen-bond acceptors (Lipinski definition) is 10. The van der Waals surface area contributed by atoms with Gasteiger partial charge in [0.25, 0.3) is 0 Å². The van der Waals surface area contributed by atoms with Crippen molar-refractivity contribution >= 4 is 23.7 Å². The van der Waals surface area contributed by atoms with Gasteiger partial charge in [0.1, 0.15) is 29.0 Å². The van der Waals surface area contributed by atoms with Crippen LogP contribution in [0.4, 0.5) is 0 Å². The molecule has 3 aromatic rings. The van der Waals surface area contributed by atoms with Gasteiger partial charge in [-0.25, -0.2) is 4.79 Å². The van der Waals surface area contributed by atoms with Crippen molar-refractivity contribution in [1.29, 1.82) is 0 Å². The van der Waals surface area contributed by atoms with Gasteiger partial charge in [-0.05, 0) is 37.5 Å². The Bertz CT molecular complexity index is 1520. The van der Waals surface area contributed by atoms with Crippen LogP contribution in [-0.4, -0.2) is 61.1 Å². The summed E-state index contributed by atoms with van der Waals surface area (Å²) >= 11 is 1.29. The zero-order valence-corrected chi connectivity index (χ0v) is 27.6. The fourth-order valence-corrected chi connectivity index (χ4v) is 6.77. The average molecular weight is 661 g/mol. The van der Waals surface area contributed by atoms with E-state index in [4.69, 9.17) is 33.2 Å². The van der Waals surface area contributed by atoms with Gasteiger partial charge in [0.2, 0.25) is 6.29 Å². The first-order valence-corrected chi connectivity index (χ1v) is 16.7. The highest BCUT2D eigenvalue weighted by Gasteiger charge is 2.53. The third kappa shape index (κ3) is 8.25. The number of carbonyl (C=O) groups is 2. The Morgan fingerprint density at radius 3 is 1.91 bits per heavy atom. The van der Waals surface area contributed by atoms with Gasteiger partial charge >= 0.3 is 11.9 Å². The predicted octanol–water partition coefficient (Wildman–Crippen LogP) is 5.96. The van der Waals surface area contributed by atoms with Crippen LogP contribution in [0.3, 0.4) is 0 Å². The van der Waals surface area contributed by atoms with Gasteiger partial charge in [0.15, 0.2) is 18.0 Å². The van der Waals surface area contributed by atoms with E-state index in [1.807, 2.05) is 91.0 Å². The summed E-state index contributed by atoms with van der Waals surface area (Å²) in [6.45, 7) is 6.29. The zero-order valence-electron chi connectivity index (χ0n) is 26.7. The Balaban J connectivity index is 1.25. The molecule has 0 aliphatic carbocycles. The molecule has 1 fully saturated rings. The lowest BCUT2D eigenvalue weighted by Crippen LogP contribution is -2.57. The van der Waals surface area contributed by atoms with E-state index >= 15 is 0 Å². The van der Waals surface area contributed by atoms with Crippen molar-refractivity contribution in [3.63, 3.8) is 0 Å². The van der Waals surface area contributed by atoms with Crippen LogP contribution in [0.1, 0.15) is 37.5 Å². The van der Waals surface area contributed by atoms with Gasteiger partial charge < -0.3 is 33.2 Å². The lowest BCUT2D eigenvalue weighted by atomic mass is 9.97. The Morgan fingerprint density at radius 1 is 0.787 bits per heavy atom. The number of ether oxygens (including phenoxy) is 7. The molecule has 3 aliphatic heterocycles. The second kappa shape index (κ2) is 15.0. The molecule has 1 saturated heterocycles. The molecule has 3 aromatic carbocycles. The number of thioether (sulfide) groups is 1. The second-order valence-electron chi connectivity index (χ2n) is 12.7. The highest BCUT2D eigenvalue weighted by atomic mass is 32.2. The molecule has 6 atom stereocenters. The molecule has 6 rings (SSSR count). The van der Waals surface area contributed by atoms with E-state index in [-0.39, 0.29) is 24.7 Å². The summed E-state index contributed by atoms with van der Waals surface area (Å²) in [5, 5.41) is -0.440. The SMILES string of the molecule is CC(C)(C)C(=O)OC[C@H]1OC(=O)C2=C(O[C@@H]3OC[C@@H](OCc4ccccc4)[C@@H](OCc4ccccc4)[C@@H]3S2)[C@@H]1OCc1ccccc1. The predicted molar refractivity (Wildman–Crippen MR) is 175 cm³/mol. The van der Waals surface area contributed by atoms with Crippen LogP contribution < -0.4 is 0 Å². The Morgan fingerprint density at radius 2 is 1.34 bits per heavy atom. The molecule has 0 N–H and O–H groups in total. The first-order valence-electron chi connectivity index (χ1n) is 15.8. The minimum atomic E-state index is -0.913. The normalized spacial score (nSPS) is 25.6. The summed E-state index contributed by atoms with van der Waals surface area (Å²) < 4.78 is 43.5. The average Bonchev–Trinajstić information content (AvgIpc) is 3.09. The highest BCUT2D eigenvalue weighted by Crippen LogP contribution is 2.46. The van der Waals surface area contributed by atoms with Gasteiger partial charge in [0, 0.05) is 0 Å². The molecule has 0 spiro atoms. The molecular formula is C37H40O9S. The van der Waals surface area contributed by atoms with Crippen molar-refractivity contribution in [2.24, 2.45) is 5.41 Å². The molecule has 0 amide bonds. The van der Waals surface area contributed by atoms with Crippen LogP contribution in [0.2, 0.25) is 0 Å². The molecule has 0 bridgehead atoms. The third-order valence-corrected chi connectivity index (χ3v) is 9.37. The molecule has 3 heterocycles. The van der Waals surface area contributed by atoms with E-state index in [0.717, 1.165) is 16.7 Å². The lowest BCUT2D eigenvalue weighted by molar-refractivity contribution is -0.234. The van der Waals surface area contributed by atoms with E-state index in [1.165, 1.54) is 11.8 Å². The summed E-state index contributed by atoms with van der Waals surface area (Å²) in [7, 11) is 0. The topological polar surface area (TPSA) is 98.8 Å². The number of rotatable bonds is 11. The number of cyclic esters (lactones) is 1. The van der Waals surface area contributed by atoms with Gasteiger partial charge in [-0.3, -0.25) is 4.79 Å². The van der Waals surface area contributed by atoms with E-state index in [9.17, 15) is 9.59 Å². The summed E-state index contributed by atoms with van der Waals surface area (Å²) in [4.78, 5) is 26.5. The number of hydrogen-bond donors (Lipinski definition) is 0. The van der Waals surface area contributed by atoms with Crippen molar-refractivity contribution in [3.05, 3.63) is 118 Å². The monoisotopic (exact) mass is 660 g/mol. The maximum Gasteiger partial charge on any atom is 0.348 e. The summed E-state index contributed by atoms with van der Waals surface area (Å²) in [6, 6.07) is 29.5. The van der Waals surface area contributed by atoms with Crippen LogP contribution >= 0.6 is 11.8 Å². The molecule has 248 valence electrons. The minimum absolute atomic E-state index is 0.181. The largest absolute Gasteiger partial charge is 0.464 e. The second-order valence-corrected chi connectivity index (χ2v) is 13.9.